The Kier molecular flexibility index (Phi) is 6.00. The maximum atomic E-state index is 12.7. The quantitative estimate of drug-likeness (QED) is 0.308. The van der Waals surface area contributed by atoms with Crippen molar-refractivity contribution in [3.8, 4) is 22.5 Å². The van der Waals surface area contributed by atoms with Gasteiger partial charge in [0.15, 0.2) is 16.8 Å². The Morgan fingerprint density at radius 3 is 2.39 bits per heavy atom. The molecule has 0 atom stereocenters. The number of nitrogens with zero attached hydrogens (tertiary/aromatic N) is 4. The van der Waals surface area contributed by atoms with Crippen LogP contribution in [0.1, 0.15) is 27.0 Å². The van der Waals surface area contributed by atoms with Crippen LogP contribution in [-0.2, 0) is 13.5 Å². The van der Waals surface area contributed by atoms with Crippen molar-refractivity contribution in [2.75, 3.05) is 6.26 Å². The third-order valence-electron chi connectivity index (χ3n) is 5.46. The Balaban J connectivity index is 1.60. The molecule has 0 fully saturated rings. The summed E-state index contributed by atoms with van der Waals surface area (Å²) >= 11 is 1.58. The van der Waals surface area contributed by atoms with Crippen LogP contribution in [0.2, 0.25) is 0 Å². The lowest BCUT2D eigenvalue weighted by Gasteiger charge is -2.11. The SMILES string of the molecule is CSc1nnc(-c2ccc(C)c(-c3ccc(CC(=O)c4ccncc4C)cc3)c2)n1C. The van der Waals surface area contributed by atoms with Gasteiger partial charge in [0.1, 0.15) is 0 Å². The lowest BCUT2D eigenvalue weighted by molar-refractivity contribution is 0.0992. The predicted molar refractivity (Wildman–Crippen MR) is 125 cm³/mol. The van der Waals surface area contributed by atoms with Gasteiger partial charge >= 0.3 is 0 Å². The predicted octanol–water partition coefficient (Wildman–Crippen LogP) is 5.31. The van der Waals surface area contributed by atoms with E-state index in [9.17, 15) is 4.79 Å². The number of carbonyl (C=O) groups excluding carboxylic acids is 1. The molecule has 0 spiro atoms. The highest BCUT2D eigenvalue weighted by atomic mass is 32.2. The van der Waals surface area contributed by atoms with E-state index in [0.29, 0.717) is 6.42 Å². The van der Waals surface area contributed by atoms with E-state index in [0.717, 1.165) is 44.4 Å². The first-order chi connectivity index (χ1) is 15.0. The highest BCUT2D eigenvalue weighted by molar-refractivity contribution is 7.98. The Hall–Kier alpha value is -3.25. The molecule has 5 nitrogen and oxygen atoms in total. The van der Waals surface area contributed by atoms with Gasteiger partial charge in [0.05, 0.1) is 0 Å². The summed E-state index contributed by atoms with van der Waals surface area (Å²) in [5, 5.41) is 9.48. The molecule has 6 heteroatoms. The summed E-state index contributed by atoms with van der Waals surface area (Å²) in [6, 6.07) is 16.4. The average Bonchev–Trinajstić information content (AvgIpc) is 3.15. The van der Waals surface area contributed by atoms with Gasteiger partial charge in [0, 0.05) is 37.0 Å². The Morgan fingerprint density at radius 2 is 1.71 bits per heavy atom. The molecule has 0 saturated carbocycles. The average molecular weight is 429 g/mol. The van der Waals surface area contributed by atoms with Crippen molar-refractivity contribution in [1.82, 2.24) is 19.7 Å². The van der Waals surface area contributed by atoms with Gasteiger partial charge in [-0.25, -0.2) is 0 Å². The van der Waals surface area contributed by atoms with E-state index < -0.39 is 0 Å². The molecule has 4 aromatic rings. The molecule has 156 valence electrons. The van der Waals surface area contributed by atoms with Crippen LogP contribution >= 0.6 is 11.8 Å². The van der Waals surface area contributed by atoms with Crippen LogP contribution in [-0.4, -0.2) is 31.8 Å². The lowest BCUT2D eigenvalue weighted by atomic mass is 9.95. The van der Waals surface area contributed by atoms with Crippen LogP contribution in [0.3, 0.4) is 0 Å². The van der Waals surface area contributed by atoms with Gasteiger partial charge in [-0.05, 0) is 60.1 Å². The van der Waals surface area contributed by atoms with Crippen molar-refractivity contribution < 1.29 is 4.79 Å². The van der Waals surface area contributed by atoms with Crippen molar-refractivity contribution in [2.45, 2.75) is 25.4 Å². The minimum Gasteiger partial charge on any atom is -0.305 e. The largest absolute Gasteiger partial charge is 0.305 e. The van der Waals surface area contributed by atoms with Gasteiger partial charge in [-0.2, -0.15) is 0 Å². The second-order valence-electron chi connectivity index (χ2n) is 7.59. The number of ketones is 1. The van der Waals surface area contributed by atoms with E-state index >= 15 is 0 Å². The molecule has 0 radical (unpaired) electrons. The molecule has 0 bridgehead atoms. The van der Waals surface area contributed by atoms with Crippen LogP contribution in [0.4, 0.5) is 0 Å². The topological polar surface area (TPSA) is 60.7 Å². The van der Waals surface area contributed by atoms with Crippen LogP contribution in [0, 0.1) is 13.8 Å². The highest BCUT2D eigenvalue weighted by Crippen LogP contribution is 2.30. The number of benzene rings is 2. The molecule has 31 heavy (non-hydrogen) atoms. The van der Waals surface area contributed by atoms with Gasteiger partial charge in [0.2, 0.25) is 0 Å². The number of rotatable bonds is 6. The molecule has 0 aliphatic heterocycles. The Bertz CT molecular complexity index is 1240. The van der Waals surface area contributed by atoms with Crippen LogP contribution < -0.4 is 0 Å². The van der Waals surface area contributed by atoms with Crippen molar-refractivity contribution in [3.63, 3.8) is 0 Å². The van der Waals surface area contributed by atoms with Gasteiger partial charge in [0.25, 0.3) is 0 Å². The summed E-state index contributed by atoms with van der Waals surface area (Å²) in [6.45, 7) is 4.02. The first-order valence-corrected chi connectivity index (χ1v) is 11.3. The fourth-order valence-electron chi connectivity index (χ4n) is 3.69. The molecule has 2 aromatic carbocycles. The van der Waals surface area contributed by atoms with Gasteiger partial charge < -0.3 is 4.57 Å². The molecule has 0 aliphatic rings. The van der Waals surface area contributed by atoms with Gasteiger partial charge in [-0.15, -0.1) is 10.2 Å². The van der Waals surface area contributed by atoms with Crippen molar-refractivity contribution in [2.24, 2.45) is 7.05 Å². The number of Topliss-reactive ketones (excluding diaryl/α,β-unsaturated/α-hetero) is 1. The molecule has 0 saturated heterocycles. The van der Waals surface area contributed by atoms with Crippen molar-refractivity contribution >= 4 is 17.5 Å². The molecule has 4 rings (SSSR count). The van der Waals surface area contributed by atoms with E-state index in [2.05, 4.69) is 52.4 Å². The van der Waals surface area contributed by atoms with E-state index in [1.807, 2.05) is 36.9 Å². The summed E-state index contributed by atoms with van der Waals surface area (Å²) in [6.07, 6.45) is 5.76. The van der Waals surface area contributed by atoms with Gasteiger partial charge in [-0.3, -0.25) is 9.78 Å². The number of hydrogen-bond acceptors (Lipinski definition) is 5. The standard InChI is InChI=1S/C25H24N4OS/c1-16-5-8-20(24-27-28-25(31-4)29(24)3)14-22(16)19-9-6-18(7-10-19)13-23(30)21-11-12-26-15-17(21)2/h5-12,14-15H,13H2,1-4H3. The third-order valence-corrected chi connectivity index (χ3v) is 6.18. The van der Waals surface area contributed by atoms with Gasteiger partial charge in [-0.1, -0.05) is 48.2 Å². The first kappa shape index (κ1) is 21.0. The Labute approximate surface area is 186 Å². The zero-order valence-corrected chi connectivity index (χ0v) is 18.9. The van der Waals surface area contributed by atoms with E-state index in [4.69, 9.17) is 0 Å². The molecular weight excluding hydrogens is 404 g/mol. The van der Waals surface area contributed by atoms with Crippen molar-refractivity contribution in [1.29, 1.82) is 0 Å². The van der Waals surface area contributed by atoms with Crippen LogP contribution in [0.5, 0.6) is 0 Å². The minimum absolute atomic E-state index is 0.109. The fourth-order valence-corrected chi connectivity index (χ4v) is 4.17. The normalized spacial score (nSPS) is 11.0. The number of hydrogen-bond donors (Lipinski definition) is 0. The van der Waals surface area contributed by atoms with Crippen molar-refractivity contribution in [3.05, 3.63) is 83.2 Å². The zero-order valence-electron chi connectivity index (χ0n) is 18.1. The lowest BCUT2D eigenvalue weighted by Crippen LogP contribution is -2.05. The molecule has 0 unspecified atom stereocenters. The number of carbonyl (C=O) groups is 1. The van der Waals surface area contributed by atoms with E-state index in [1.165, 1.54) is 5.56 Å². The summed E-state index contributed by atoms with van der Waals surface area (Å²) in [5.74, 6) is 0.957. The molecule has 0 amide bonds. The molecular formula is C25H24N4OS. The number of pyridine rings is 1. The second kappa shape index (κ2) is 8.86. The maximum absolute atomic E-state index is 12.7. The summed E-state index contributed by atoms with van der Waals surface area (Å²) < 4.78 is 2.01. The summed E-state index contributed by atoms with van der Waals surface area (Å²) in [7, 11) is 1.98. The van der Waals surface area contributed by atoms with E-state index in [-0.39, 0.29) is 5.78 Å². The second-order valence-corrected chi connectivity index (χ2v) is 8.36. The molecule has 0 N–H and O–H groups in total. The fraction of sp³-hybridized carbons (Fsp3) is 0.200. The number of thioether (sulfide) groups is 1. The summed E-state index contributed by atoms with van der Waals surface area (Å²) in [4.78, 5) is 16.7. The first-order valence-electron chi connectivity index (χ1n) is 10.1. The maximum Gasteiger partial charge on any atom is 0.190 e. The van der Waals surface area contributed by atoms with Crippen LogP contribution in [0.25, 0.3) is 22.5 Å². The monoisotopic (exact) mass is 428 g/mol. The molecule has 2 aromatic heterocycles. The van der Waals surface area contributed by atoms with Crippen LogP contribution in [0.15, 0.2) is 66.1 Å². The zero-order chi connectivity index (χ0) is 22.0. The third kappa shape index (κ3) is 4.30. The number of aromatic nitrogens is 4. The molecule has 2 heterocycles. The number of aryl methyl sites for hydroxylation is 2. The Morgan fingerprint density at radius 1 is 0.968 bits per heavy atom. The molecule has 0 aliphatic carbocycles. The van der Waals surface area contributed by atoms with E-state index in [1.54, 1.807) is 30.2 Å². The summed E-state index contributed by atoms with van der Waals surface area (Å²) in [5.41, 5.74) is 7.12. The highest BCUT2D eigenvalue weighted by Gasteiger charge is 2.13. The smallest absolute Gasteiger partial charge is 0.190 e. The minimum atomic E-state index is 0.109.